The lowest BCUT2D eigenvalue weighted by atomic mass is 10.1. The van der Waals surface area contributed by atoms with E-state index in [2.05, 4.69) is 22.6 Å². The van der Waals surface area contributed by atoms with Gasteiger partial charge in [0, 0.05) is 0 Å². The van der Waals surface area contributed by atoms with Crippen LogP contribution in [0.1, 0.15) is 36.2 Å². The number of furan rings is 2. The van der Waals surface area contributed by atoms with Gasteiger partial charge in [-0.1, -0.05) is 29.5 Å². The van der Waals surface area contributed by atoms with E-state index >= 15 is 0 Å². The summed E-state index contributed by atoms with van der Waals surface area (Å²) < 4.78 is 15.2. The summed E-state index contributed by atoms with van der Waals surface area (Å²) in [6.07, 6.45) is 0.682. The minimum absolute atomic E-state index is 0.0582. The van der Waals surface area contributed by atoms with Crippen LogP contribution in [-0.4, -0.2) is 15.4 Å². The van der Waals surface area contributed by atoms with Crippen molar-refractivity contribution in [1.29, 1.82) is 0 Å². The van der Waals surface area contributed by atoms with Crippen LogP contribution in [0.4, 0.5) is 0 Å². The van der Waals surface area contributed by atoms with Gasteiger partial charge in [-0.05, 0) is 19.4 Å². The molecule has 0 spiro atoms. The van der Waals surface area contributed by atoms with Crippen molar-refractivity contribution in [3.63, 3.8) is 0 Å². The average molecular weight is 374 g/mol. The summed E-state index contributed by atoms with van der Waals surface area (Å²) in [7, 11) is 0. The molecule has 0 aromatic carbocycles. The van der Waals surface area contributed by atoms with Gasteiger partial charge < -0.3 is 13.9 Å². The average Bonchev–Trinajstić information content (AvgIpc) is 2.98. The Morgan fingerprint density at radius 1 is 1.53 bits per heavy atom. The van der Waals surface area contributed by atoms with Crippen LogP contribution in [0, 0.1) is 0 Å². The largest absolute Gasteiger partial charge is 0.460 e. The third kappa shape index (κ3) is 1.80. The molecule has 0 fully saturated rings. The van der Waals surface area contributed by atoms with Gasteiger partial charge in [-0.3, -0.25) is 4.79 Å². The van der Waals surface area contributed by atoms with Crippen molar-refractivity contribution in [2.75, 3.05) is 0 Å². The van der Waals surface area contributed by atoms with Crippen molar-refractivity contribution < 1.29 is 23.5 Å². The molecule has 3 rings (SSSR count). The van der Waals surface area contributed by atoms with Crippen molar-refractivity contribution >= 4 is 45.7 Å². The molecule has 1 unspecified atom stereocenters. The van der Waals surface area contributed by atoms with Gasteiger partial charge in [-0.2, -0.15) is 0 Å². The maximum atomic E-state index is 11.9. The quantitative estimate of drug-likeness (QED) is 0.468. The summed E-state index contributed by atoms with van der Waals surface area (Å²) in [5.74, 6) is -0.295. The molecule has 2 bridgehead atoms. The first-order valence-corrected chi connectivity index (χ1v) is 6.98. The van der Waals surface area contributed by atoms with Gasteiger partial charge in [0.2, 0.25) is 0 Å². The Balaban J connectivity index is 1.79. The number of carbonyl (C=O) groups is 2. The molecule has 1 aliphatic rings. The van der Waals surface area contributed by atoms with Crippen LogP contribution in [0.2, 0.25) is 0 Å². The van der Waals surface area contributed by atoms with Crippen LogP contribution in [0.3, 0.4) is 0 Å². The summed E-state index contributed by atoms with van der Waals surface area (Å²) in [4.78, 5) is 23.3. The zero-order valence-corrected chi connectivity index (χ0v) is 12.6. The monoisotopic (exact) mass is 374 g/mol. The van der Waals surface area contributed by atoms with Crippen LogP contribution in [-0.2, 0) is 16.1 Å². The molecule has 3 heterocycles. The van der Waals surface area contributed by atoms with E-state index in [1.165, 1.54) is 0 Å². The highest BCUT2D eigenvalue weighted by Crippen LogP contribution is 2.44. The Hall–Kier alpha value is -1.31. The van der Waals surface area contributed by atoms with Crippen LogP contribution in [0.5, 0.6) is 5.75 Å². The molecule has 0 radical (unpaired) electrons. The van der Waals surface area contributed by atoms with Gasteiger partial charge in [0.25, 0.3) is 0 Å². The molecule has 0 saturated carbocycles. The number of hydrogen-bond acceptors (Lipinski definition) is 5. The SMILES string of the molecule is CCC(C)(I)C(=O)OCc1c2c3oc1cc3C(=O)O2. The fourth-order valence-corrected chi connectivity index (χ4v) is 2.09. The van der Waals surface area contributed by atoms with E-state index in [9.17, 15) is 9.59 Å². The van der Waals surface area contributed by atoms with Crippen molar-refractivity contribution in [2.24, 2.45) is 0 Å². The lowest BCUT2D eigenvalue weighted by molar-refractivity contribution is -0.146. The van der Waals surface area contributed by atoms with Gasteiger partial charge in [-0.25, -0.2) is 4.79 Å². The molecule has 2 aromatic heterocycles. The minimum Gasteiger partial charge on any atom is -0.460 e. The van der Waals surface area contributed by atoms with E-state index in [0.29, 0.717) is 34.5 Å². The number of ether oxygens (including phenoxy) is 2. The van der Waals surface area contributed by atoms with Crippen molar-refractivity contribution in [3.05, 3.63) is 17.2 Å². The predicted molar refractivity (Wildman–Crippen MR) is 74.9 cm³/mol. The number of benzene rings is 1. The number of hydrogen-bond donors (Lipinski definition) is 0. The Morgan fingerprint density at radius 2 is 2.26 bits per heavy atom. The van der Waals surface area contributed by atoms with Gasteiger partial charge in [0.1, 0.15) is 21.2 Å². The normalized spacial score (nSPS) is 16.7. The van der Waals surface area contributed by atoms with E-state index < -0.39 is 9.39 Å². The number of carbonyl (C=O) groups excluding carboxylic acids is 2. The smallest absolute Gasteiger partial charge is 0.347 e. The molecule has 0 saturated heterocycles. The highest BCUT2D eigenvalue weighted by molar-refractivity contribution is 14.1. The lowest BCUT2D eigenvalue weighted by Gasteiger charge is -2.18. The summed E-state index contributed by atoms with van der Waals surface area (Å²) in [6, 6.07) is 1.63. The first-order chi connectivity index (χ1) is 8.94. The standard InChI is InChI=1S/C13H11IO5/c1-3-13(2,14)12(16)17-5-7-8-4-6-9(18-8)10(7)19-11(6)15/h4H,3,5H2,1-2H3. The zero-order valence-electron chi connectivity index (χ0n) is 10.4. The highest BCUT2D eigenvalue weighted by Gasteiger charge is 2.36. The lowest BCUT2D eigenvalue weighted by Crippen LogP contribution is -2.29. The highest BCUT2D eigenvalue weighted by atomic mass is 127. The molecule has 0 aliphatic carbocycles. The number of halogens is 1. The molecule has 19 heavy (non-hydrogen) atoms. The summed E-state index contributed by atoms with van der Waals surface area (Å²) >= 11 is 2.07. The molecule has 2 aromatic rings. The maximum Gasteiger partial charge on any atom is 0.347 e. The third-order valence-corrected chi connectivity index (χ3v) is 4.56. The van der Waals surface area contributed by atoms with Crippen molar-refractivity contribution in [2.45, 2.75) is 30.3 Å². The number of alkyl halides is 1. The van der Waals surface area contributed by atoms with Gasteiger partial charge in [0.05, 0.1) is 5.56 Å². The summed E-state index contributed by atoms with van der Waals surface area (Å²) in [5, 5.41) is 0. The Morgan fingerprint density at radius 3 is 2.95 bits per heavy atom. The van der Waals surface area contributed by atoms with E-state index in [4.69, 9.17) is 13.9 Å². The molecule has 0 N–H and O–H groups in total. The van der Waals surface area contributed by atoms with E-state index in [-0.39, 0.29) is 12.6 Å². The van der Waals surface area contributed by atoms with Crippen molar-refractivity contribution in [1.82, 2.24) is 0 Å². The second kappa shape index (κ2) is 4.09. The van der Waals surface area contributed by atoms with E-state index in [0.717, 1.165) is 0 Å². The Labute approximate surface area is 122 Å². The summed E-state index contributed by atoms with van der Waals surface area (Å²) in [5.41, 5.74) is 2.08. The molecule has 5 nitrogen and oxygen atoms in total. The van der Waals surface area contributed by atoms with Crippen LogP contribution in [0.15, 0.2) is 10.5 Å². The first kappa shape index (κ1) is 12.7. The fraction of sp³-hybridized carbons (Fsp3) is 0.385. The van der Waals surface area contributed by atoms with Gasteiger partial charge in [0.15, 0.2) is 11.3 Å². The maximum absolute atomic E-state index is 11.9. The Bertz CT molecular complexity index is 670. The molecule has 6 heteroatoms. The van der Waals surface area contributed by atoms with E-state index in [1.54, 1.807) is 6.07 Å². The molecule has 1 atom stereocenters. The Kier molecular flexibility index (Phi) is 2.74. The van der Waals surface area contributed by atoms with Gasteiger partial charge in [-0.15, -0.1) is 0 Å². The predicted octanol–water partition coefficient (Wildman–Crippen LogP) is 3.05. The van der Waals surface area contributed by atoms with Gasteiger partial charge >= 0.3 is 11.9 Å². The van der Waals surface area contributed by atoms with Crippen molar-refractivity contribution in [3.8, 4) is 5.75 Å². The first-order valence-electron chi connectivity index (χ1n) is 5.90. The van der Waals surface area contributed by atoms with E-state index in [1.807, 2.05) is 13.8 Å². The topological polar surface area (TPSA) is 65.7 Å². The molecular weight excluding hydrogens is 363 g/mol. The number of rotatable bonds is 4. The minimum atomic E-state index is -0.549. The second-order valence-corrected chi connectivity index (χ2v) is 7.06. The number of fused-ring (bicyclic) bond motifs is 1. The summed E-state index contributed by atoms with van der Waals surface area (Å²) in [6.45, 7) is 3.80. The van der Waals surface area contributed by atoms with Crippen LogP contribution in [0.25, 0.3) is 11.2 Å². The molecule has 0 amide bonds. The number of esters is 2. The molecule has 1 aliphatic heterocycles. The van der Waals surface area contributed by atoms with Crippen LogP contribution >= 0.6 is 22.6 Å². The fourth-order valence-electron chi connectivity index (χ4n) is 1.93. The third-order valence-electron chi connectivity index (χ3n) is 3.36. The second-order valence-electron chi connectivity index (χ2n) is 4.68. The molecular formula is C13H11IO5. The molecule has 100 valence electrons. The zero-order chi connectivity index (χ0) is 13.8. The van der Waals surface area contributed by atoms with Crippen LogP contribution < -0.4 is 4.74 Å².